The van der Waals surface area contributed by atoms with Gasteiger partial charge in [0.25, 0.3) is 5.69 Å². The molecule has 0 radical (unpaired) electrons. The number of hydrogen-bond donors (Lipinski definition) is 1. The van der Waals surface area contributed by atoms with E-state index >= 15 is 0 Å². The topological polar surface area (TPSA) is 116 Å². The van der Waals surface area contributed by atoms with Crippen LogP contribution in [0.4, 0.5) is 11.4 Å². The number of nitrogens with one attached hydrogen (secondary N) is 1. The van der Waals surface area contributed by atoms with Crippen molar-refractivity contribution >= 4 is 29.0 Å². The van der Waals surface area contributed by atoms with Crippen LogP contribution in [0.3, 0.4) is 0 Å². The van der Waals surface area contributed by atoms with Gasteiger partial charge in [-0.25, -0.2) is 0 Å². The maximum absolute atomic E-state index is 12.1. The summed E-state index contributed by atoms with van der Waals surface area (Å²) in [5.74, 6) is -1.36. The van der Waals surface area contributed by atoms with Crippen LogP contribution >= 0.6 is 0 Å². The molecule has 1 amide bonds. The number of esters is 1. The molecule has 0 aliphatic heterocycles. The minimum Gasteiger partial charge on any atom is -0.457 e. The summed E-state index contributed by atoms with van der Waals surface area (Å²) in [5.41, 5.74) is 2.14. The molecule has 0 unspecified atom stereocenters. The van der Waals surface area contributed by atoms with Crippen molar-refractivity contribution < 1.29 is 24.0 Å². The zero-order valence-electron chi connectivity index (χ0n) is 16.3. The number of rotatable bonds is 9. The Labute approximate surface area is 168 Å². The van der Waals surface area contributed by atoms with Crippen LogP contribution in [0.25, 0.3) is 0 Å². The van der Waals surface area contributed by atoms with Crippen molar-refractivity contribution in [2.75, 3.05) is 11.9 Å². The third-order valence-corrected chi connectivity index (χ3v) is 4.21. The number of amides is 1. The molecule has 0 heterocycles. The smallest absolute Gasteiger partial charge is 0.306 e. The molecule has 8 nitrogen and oxygen atoms in total. The Morgan fingerprint density at radius 3 is 2.38 bits per heavy atom. The summed E-state index contributed by atoms with van der Waals surface area (Å²) < 4.78 is 4.91. The molecule has 2 rings (SSSR count). The first-order valence-electron chi connectivity index (χ1n) is 9.06. The number of nitro benzene ring substituents is 1. The van der Waals surface area contributed by atoms with Gasteiger partial charge in [-0.05, 0) is 32.4 Å². The third kappa shape index (κ3) is 6.84. The lowest BCUT2D eigenvalue weighted by atomic mass is 10.1. The molecule has 2 aromatic rings. The van der Waals surface area contributed by atoms with Gasteiger partial charge in [0, 0.05) is 35.7 Å². The number of Topliss-reactive ketones (excluding diaryl/α,β-unsaturated/α-hetero) is 1. The number of carbonyl (C=O) groups is 3. The first-order chi connectivity index (χ1) is 13.8. The van der Waals surface area contributed by atoms with Crippen LogP contribution in [0.15, 0.2) is 42.5 Å². The first kappa shape index (κ1) is 21.7. The van der Waals surface area contributed by atoms with Crippen molar-refractivity contribution in [2.24, 2.45) is 0 Å². The summed E-state index contributed by atoms with van der Waals surface area (Å²) in [4.78, 5) is 46.1. The predicted octanol–water partition coefficient (Wildman–Crippen LogP) is 3.75. The molecular weight excluding hydrogens is 376 g/mol. The third-order valence-electron chi connectivity index (χ3n) is 4.21. The molecule has 0 aliphatic rings. The highest BCUT2D eigenvalue weighted by atomic mass is 16.6. The van der Waals surface area contributed by atoms with Crippen LogP contribution in [0, 0.1) is 24.0 Å². The largest absolute Gasteiger partial charge is 0.457 e. The Morgan fingerprint density at radius 2 is 1.72 bits per heavy atom. The number of anilines is 1. The molecule has 2 aromatic carbocycles. The normalized spacial score (nSPS) is 10.3. The van der Waals surface area contributed by atoms with Crippen LogP contribution in [-0.2, 0) is 14.3 Å². The Kier molecular flexibility index (Phi) is 7.59. The van der Waals surface area contributed by atoms with Gasteiger partial charge in [-0.15, -0.1) is 0 Å². The van der Waals surface area contributed by atoms with Gasteiger partial charge in [0.15, 0.2) is 6.61 Å². The number of benzene rings is 2. The van der Waals surface area contributed by atoms with Gasteiger partial charge in [-0.2, -0.15) is 0 Å². The molecule has 8 heteroatoms. The molecule has 0 atom stereocenters. The molecule has 0 aromatic heterocycles. The molecule has 0 saturated carbocycles. The average Bonchev–Trinajstić information content (AvgIpc) is 2.68. The van der Waals surface area contributed by atoms with Crippen LogP contribution in [0.2, 0.25) is 0 Å². The number of nitrogens with zero attached hydrogens (tertiary/aromatic N) is 1. The molecule has 0 aliphatic carbocycles. The maximum Gasteiger partial charge on any atom is 0.306 e. The number of aryl methyl sites for hydroxylation is 2. The number of carbonyl (C=O) groups excluding carboxylic acids is 3. The van der Waals surface area contributed by atoms with E-state index in [1.807, 2.05) is 19.1 Å². The van der Waals surface area contributed by atoms with Crippen LogP contribution in [0.5, 0.6) is 0 Å². The van der Waals surface area contributed by atoms with Gasteiger partial charge in [0.1, 0.15) is 0 Å². The monoisotopic (exact) mass is 398 g/mol. The molecule has 0 saturated heterocycles. The maximum atomic E-state index is 12.1. The van der Waals surface area contributed by atoms with Gasteiger partial charge in [0.2, 0.25) is 11.7 Å². The molecule has 0 spiro atoms. The minimum absolute atomic E-state index is 0.0113. The van der Waals surface area contributed by atoms with E-state index in [-0.39, 0.29) is 36.4 Å². The molecule has 152 valence electrons. The second-order valence-corrected chi connectivity index (χ2v) is 6.61. The van der Waals surface area contributed by atoms with Crippen LogP contribution < -0.4 is 5.32 Å². The van der Waals surface area contributed by atoms with E-state index in [2.05, 4.69) is 5.32 Å². The van der Waals surface area contributed by atoms with Crippen LogP contribution in [0.1, 0.15) is 40.7 Å². The SMILES string of the molecule is Cc1ccc(NC(=O)CCCC(=O)OCC(=O)c2ccc(C)c([N+](=O)[O-])c2)cc1. The molecule has 0 fully saturated rings. The first-order valence-corrected chi connectivity index (χ1v) is 9.06. The molecule has 1 N–H and O–H groups in total. The summed E-state index contributed by atoms with van der Waals surface area (Å²) in [7, 11) is 0. The van der Waals surface area contributed by atoms with E-state index in [9.17, 15) is 24.5 Å². The quantitative estimate of drug-likeness (QED) is 0.298. The van der Waals surface area contributed by atoms with E-state index in [1.54, 1.807) is 19.1 Å². The summed E-state index contributed by atoms with van der Waals surface area (Å²) in [6.07, 6.45) is 0.407. The number of nitro groups is 1. The second-order valence-electron chi connectivity index (χ2n) is 6.61. The van der Waals surface area contributed by atoms with Crippen molar-refractivity contribution in [3.63, 3.8) is 0 Å². The van der Waals surface area contributed by atoms with Crippen molar-refractivity contribution in [1.82, 2.24) is 0 Å². The Morgan fingerprint density at radius 1 is 1.03 bits per heavy atom. The lowest BCUT2D eigenvalue weighted by Gasteiger charge is -2.07. The summed E-state index contributed by atoms with van der Waals surface area (Å²) in [6, 6.07) is 11.4. The fraction of sp³-hybridized carbons (Fsp3) is 0.286. The lowest BCUT2D eigenvalue weighted by molar-refractivity contribution is -0.385. The molecular formula is C21H22N2O6. The summed E-state index contributed by atoms with van der Waals surface area (Å²) in [6.45, 7) is 3.01. The van der Waals surface area contributed by atoms with Gasteiger partial charge in [-0.1, -0.05) is 29.8 Å². The van der Waals surface area contributed by atoms with Gasteiger partial charge >= 0.3 is 5.97 Å². The predicted molar refractivity (Wildman–Crippen MR) is 107 cm³/mol. The molecule has 29 heavy (non-hydrogen) atoms. The molecule has 0 bridgehead atoms. The van der Waals surface area contributed by atoms with Crippen LogP contribution in [-0.4, -0.2) is 29.2 Å². The van der Waals surface area contributed by atoms with Gasteiger partial charge in [-0.3, -0.25) is 24.5 Å². The summed E-state index contributed by atoms with van der Waals surface area (Å²) in [5, 5.41) is 13.7. The van der Waals surface area contributed by atoms with Gasteiger partial charge in [0.05, 0.1) is 4.92 Å². The Balaban J connectivity index is 1.73. The number of ketones is 1. The highest BCUT2D eigenvalue weighted by Crippen LogP contribution is 2.19. The van der Waals surface area contributed by atoms with E-state index in [1.165, 1.54) is 18.2 Å². The van der Waals surface area contributed by atoms with Crippen molar-refractivity contribution in [1.29, 1.82) is 0 Å². The van der Waals surface area contributed by atoms with Crippen molar-refractivity contribution in [3.05, 3.63) is 69.3 Å². The summed E-state index contributed by atoms with van der Waals surface area (Å²) >= 11 is 0. The Hall–Kier alpha value is -3.55. The standard InChI is InChI=1S/C21H22N2O6/c1-14-6-10-17(11-7-14)22-20(25)4-3-5-21(26)29-13-19(24)16-9-8-15(2)18(12-16)23(27)28/h6-12H,3-5,13H2,1-2H3,(H,22,25). The van der Waals surface area contributed by atoms with E-state index < -0.39 is 23.3 Å². The Bertz CT molecular complexity index is 921. The fourth-order valence-electron chi connectivity index (χ4n) is 2.53. The number of ether oxygens (including phenoxy) is 1. The van der Waals surface area contributed by atoms with E-state index in [4.69, 9.17) is 4.74 Å². The zero-order chi connectivity index (χ0) is 21.4. The van der Waals surface area contributed by atoms with E-state index in [0.717, 1.165) is 5.56 Å². The van der Waals surface area contributed by atoms with E-state index in [0.29, 0.717) is 11.3 Å². The lowest BCUT2D eigenvalue weighted by Crippen LogP contribution is -2.15. The highest BCUT2D eigenvalue weighted by molar-refractivity contribution is 5.98. The number of hydrogen-bond acceptors (Lipinski definition) is 6. The van der Waals surface area contributed by atoms with Crippen molar-refractivity contribution in [3.8, 4) is 0 Å². The van der Waals surface area contributed by atoms with Gasteiger partial charge < -0.3 is 10.1 Å². The fourth-order valence-corrected chi connectivity index (χ4v) is 2.53. The zero-order valence-corrected chi connectivity index (χ0v) is 16.3. The second kappa shape index (κ2) is 10.1. The minimum atomic E-state index is -0.608. The van der Waals surface area contributed by atoms with Crippen molar-refractivity contribution in [2.45, 2.75) is 33.1 Å². The highest BCUT2D eigenvalue weighted by Gasteiger charge is 2.16. The average molecular weight is 398 g/mol.